The van der Waals surface area contributed by atoms with E-state index in [1.165, 1.54) is 6.08 Å². The van der Waals surface area contributed by atoms with Crippen LogP contribution in [0.15, 0.2) is 49.6 Å². The number of hydrogen-bond donors (Lipinski definition) is 4. The van der Waals surface area contributed by atoms with Gasteiger partial charge in [0, 0.05) is 22.4 Å². The number of carboxylic acid groups (broad SMARTS) is 1. The number of halogens is 1. The summed E-state index contributed by atoms with van der Waals surface area (Å²) in [5.41, 5.74) is 8.02. The molecule has 29 heavy (non-hydrogen) atoms. The minimum atomic E-state index is -1.36. The molecule has 0 aliphatic rings. The monoisotopic (exact) mass is 416 g/mol. The Morgan fingerprint density at radius 3 is 2.41 bits per heavy atom. The molecule has 1 unspecified atom stereocenters. The smallest absolute Gasteiger partial charge is 0.132 e. The normalized spacial score (nSPS) is 10.9. The first-order valence-electron chi connectivity index (χ1n) is 8.49. The number of hydrogen-bond acceptors (Lipinski definition) is 6. The molecule has 0 saturated carbocycles. The van der Waals surface area contributed by atoms with Crippen LogP contribution in [-0.2, 0) is 4.79 Å². The van der Waals surface area contributed by atoms with E-state index in [4.69, 9.17) is 21.0 Å². The van der Waals surface area contributed by atoms with Crippen molar-refractivity contribution in [1.29, 1.82) is 5.41 Å². The van der Waals surface area contributed by atoms with Crippen LogP contribution in [0, 0.1) is 5.41 Å². The number of benzene rings is 2. The van der Waals surface area contributed by atoms with E-state index in [-0.39, 0.29) is 37.2 Å². The average Bonchev–Trinajstić information content (AvgIpc) is 2.70. The second kappa shape index (κ2) is 10.9. The maximum atomic E-state index is 11.9. The lowest BCUT2D eigenvalue weighted by Crippen LogP contribution is -2.34. The van der Waals surface area contributed by atoms with Crippen molar-refractivity contribution in [3.8, 4) is 5.75 Å². The molecule has 0 aliphatic heterocycles. The van der Waals surface area contributed by atoms with Gasteiger partial charge >= 0.3 is 0 Å². The van der Waals surface area contributed by atoms with Gasteiger partial charge in [0.1, 0.15) is 18.2 Å². The number of nitrogens with one attached hydrogen (secondary N) is 2. The summed E-state index contributed by atoms with van der Waals surface area (Å²) < 4.78 is 5.60. The number of carbonyl (C=O) groups excluding carboxylic acids is 1. The molecule has 0 spiro atoms. The zero-order chi connectivity index (χ0) is 20.7. The third kappa shape index (κ3) is 5.84. The van der Waals surface area contributed by atoms with Crippen molar-refractivity contribution < 1.29 is 19.7 Å². The predicted octanol–water partition coefficient (Wildman–Crippen LogP) is 1.95. The van der Waals surface area contributed by atoms with Gasteiger partial charge in [0.15, 0.2) is 0 Å². The molecule has 0 bridgehead atoms. The van der Waals surface area contributed by atoms with E-state index in [0.29, 0.717) is 27.9 Å². The molecule has 0 fully saturated rings. The summed E-state index contributed by atoms with van der Waals surface area (Å²) in [6, 6.07) is 8.59. The molecular weight excluding hydrogens is 394 g/mol. The van der Waals surface area contributed by atoms with Crippen LogP contribution in [0.1, 0.15) is 28.3 Å². The number of carbonyl (C=O) groups is 1. The van der Waals surface area contributed by atoms with Gasteiger partial charge < -0.3 is 30.8 Å². The first kappa shape index (κ1) is 23.7. The zero-order valence-corrected chi connectivity index (χ0v) is 16.5. The van der Waals surface area contributed by atoms with Crippen LogP contribution < -0.4 is 20.9 Å². The summed E-state index contributed by atoms with van der Waals surface area (Å²) in [4.78, 5) is 11.9. The lowest BCUT2D eigenvalue weighted by molar-refractivity contribution is -0.307. The van der Waals surface area contributed by atoms with Crippen LogP contribution in [0.5, 0.6) is 5.75 Å². The van der Waals surface area contributed by atoms with E-state index in [2.05, 4.69) is 18.5 Å². The van der Waals surface area contributed by atoms with Crippen molar-refractivity contribution in [3.63, 3.8) is 0 Å². The number of aliphatic hydroxyl groups excluding tert-OH is 1. The molecule has 5 N–H and O–H groups in total. The fourth-order valence-electron chi connectivity index (χ4n) is 2.67. The number of anilines is 1. The van der Waals surface area contributed by atoms with Gasteiger partial charge in [0.2, 0.25) is 0 Å². The molecule has 2 aromatic carbocycles. The van der Waals surface area contributed by atoms with Gasteiger partial charge in [-0.2, -0.15) is 0 Å². The highest BCUT2D eigenvalue weighted by molar-refractivity contribution is 5.95. The summed E-state index contributed by atoms with van der Waals surface area (Å²) in [5.74, 6) is -1.16. The van der Waals surface area contributed by atoms with Crippen molar-refractivity contribution in [1.82, 2.24) is 0 Å². The summed E-state index contributed by atoms with van der Waals surface area (Å²) in [6.07, 6.45) is 3.12. The van der Waals surface area contributed by atoms with Crippen molar-refractivity contribution >= 4 is 42.1 Å². The molecule has 0 aliphatic carbocycles. The third-order valence-electron chi connectivity index (χ3n) is 4.02. The molecule has 2 rings (SSSR count). The van der Waals surface area contributed by atoms with Crippen LogP contribution in [0.25, 0.3) is 12.2 Å². The molecule has 2 aromatic rings. The van der Waals surface area contributed by atoms with E-state index >= 15 is 0 Å². The highest BCUT2D eigenvalue weighted by Crippen LogP contribution is 2.34. The van der Waals surface area contributed by atoms with Crippen molar-refractivity contribution in [2.75, 3.05) is 18.5 Å². The molecular formula is C21H23ClN3O4-. The van der Waals surface area contributed by atoms with Gasteiger partial charge in [-0.3, -0.25) is 5.41 Å². The van der Waals surface area contributed by atoms with Gasteiger partial charge in [0.25, 0.3) is 0 Å². The molecule has 0 saturated heterocycles. The Bertz CT molecular complexity index is 898. The standard InChI is InChI=1S/C21H23N3O4.ClH/c1-3-13-11-14(4-2)19(28-10-9-25)17(12-13)18(21(26)27)24-16-7-5-15(6-8-16)20(22)23;/h3-8,11-12,18,24-25H,1-2,9-10H2,(H3,22,23)(H,26,27);1H/p-1. The summed E-state index contributed by atoms with van der Waals surface area (Å²) in [6.45, 7) is 7.23. The third-order valence-corrected chi connectivity index (χ3v) is 4.02. The van der Waals surface area contributed by atoms with Crippen molar-refractivity contribution in [2.24, 2.45) is 5.73 Å². The van der Waals surface area contributed by atoms with Gasteiger partial charge in [-0.1, -0.05) is 25.3 Å². The van der Waals surface area contributed by atoms with Crippen LogP contribution in [0.3, 0.4) is 0 Å². The first-order chi connectivity index (χ1) is 13.4. The molecule has 0 heterocycles. The van der Waals surface area contributed by atoms with Crippen LogP contribution in [-0.4, -0.2) is 30.1 Å². The largest absolute Gasteiger partial charge is 0.548 e. The van der Waals surface area contributed by atoms with E-state index < -0.39 is 12.0 Å². The van der Waals surface area contributed by atoms with Crippen LogP contribution in [0.4, 0.5) is 5.69 Å². The van der Waals surface area contributed by atoms with E-state index in [9.17, 15) is 9.90 Å². The van der Waals surface area contributed by atoms with Crippen LogP contribution >= 0.6 is 12.4 Å². The number of nitrogen functional groups attached to an aromatic ring is 1. The predicted molar refractivity (Wildman–Crippen MR) is 115 cm³/mol. The molecule has 0 radical (unpaired) electrons. The quantitative estimate of drug-likeness (QED) is 0.346. The average molecular weight is 417 g/mol. The second-order valence-corrected chi connectivity index (χ2v) is 5.90. The Hall–Kier alpha value is -3.29. The molecule has 0 aromatic heterocycles. The number of rotatable bonds is 10. The number of carboxylic acids is 1. The lowest BCUT2D eigenvalue weighted by Gasteiger charge is -2.25. The zero-order valence-electron chi connectivity index (χ0n) is 15.7. The molecule has 1 atom stereocenters. The Morgan fingerprint density at radius 2 is 1.93 bits per heavy atom. The van der Waals surface area contributed by atoms with Crippen molar-refractivity contribution in [2.45, 2.75) is 6.04 Å². The Kier molecular flexibility index (Phi) is 8.92. The molecule has 0 amide bonds. The highest BCUT2D eigenvalue weighted by Gasteiger charge is 2.21. The minimum absolute atomic E-state index is 0. The number of aliphatic carboxylic acids is 1. The Balaban J connectivity index is 0.00000420. The molecule has 7 nitrogen and oxygen atoms in total. The van der Waals surface area contributed by atoms with Gasteiger partial charge in [-0.05, 0) is 42.0 Å². The second-order valence-electron chi connectivity index (χ2n) is 5.90. The summed E-state index contributed by atoms with van der Waals surface area (Å²) >= 11 is 0. The van der Waals surface area contributed by atoms with Gasteiger partial charge in [-0.25, -0.2) is 0 Å². The fraction of sp³-hybridized carbons (Fsp3) is 0.143. The van der Waals surface area contributed by atoms with Gasteiger partial charge in [0.05, 0.1) is 18.6 Å². The maximum absolute atomic E-state index is 11.9. The number of amidine groups is 1. The molecule has 8 heteroatoms. The van der Waals surface area contributed by atoms with E-state index in [1.54, 1.807) is 42.5 Å². The van der Waals surface area contributed by atoms with Crippen molar-refractivity contribution in [3.05, 3.63) is 71.8 Å². The van der Waals surface area contributed by atoms with E-state index in [1.807, 2.05) is 0 Å². The van der Waals surface area contributed by atoms with E-state index in [0.717, 1.165) is 0 Å². The number of aliphatic hydroxyl groups is 1. The Morgan fingerprint density at radius 1 is 1.28 bits per heavy atom. The SMILES string of the molecule is C=Cc1cc(C=C)c(OCCO)c(C(Nc2ccc(C(=N)N)cc2)C(=O)[O-])c1.Cl. The highest BCUT2D eigenvalue weighted by atomic mass is 35.5. The maximum Gasteiger partial charge on any atom is 0.132 e. The fourth-order valence-corrected chi connectivity index (χ4v) is 2.67. The summed E-state index contributed by atoms with van der Waals surface area (Å²) in [5, 5.41) is 31.3. The van der Waals surface area contributed by atoms with Crippen LogP contribution in [0.2, 0.25) is 0 Å². The number of nitrogens with two attached hydrogens (primary N) is 1. The van der Waals surface area contributed by atoms with Gasteiger partial charge in [-0.15, -0.1) is 12.4 Å². The topological polar surface area (TPSA) is 131 Å². The minimum Gasteiger partial charge on any atom is -0.548 e. The Labute approximate surface area is 175 Å². The lowest BCUT2D eigenvalue weighted by atomic mass is 9.97. The molecule has 154 valence electrons. The summed E-state index contributed by atoms with van der Waals surface area (Å²) in [7, 11) is 0. The first-order valence-corrected chi connectivity index (χ1v) is 8.49. The number of ether oxygens (including phenoxy) is 1.